The van der Waals surface area contributed by atoms with E-state index in [1.807, 2.05) is 18.2 Å². The molecule has 1 N–H and O–H groups in total. The summed E-state index contributed by atoms with van der Waals surface area (Å²) in [6, 6.07) is 8.57. The first-order chi connectivity index (χ1) is 8.56. The molecule has 0 saturated heterocycles. The van der Waals surface area contributed by atoms with Crippen molar-refractivity contribution in [3.63, 3.8) is 0 Å². The minimum absolute atomic E-state index is 0.217. The lowest BCUT2D eigenvalue weighted by molar-refractivity contribution is 0.102. The second-order valence-electron chi connectivity index (χ2n) is 3.32. The summed E-state index contributed by atoms with van der Waals surface area (Å²) in [6.07, 6.45) is 0. The molecule has 0 spiro atoms. The van der Waals surface area contributed by atoms with Crippen molar-refractivity contribution in [2.75, 3.05) is 5.32 Å². The number of hydrogen-bond donors (Lipinski definition) is 1. The lowest BCUT2D eigenvalue weighted by atomic mass is 10.3. The second kappa shape index (κ2) is 5.94. The van der Waals surface area contributed by atoms with Gasteiger partial charge in [-0.25, -0.2) is 0 Å². The van der Waals surface area contributed by atoms with Crippen LogP contribution >= 0.6 is 50.1 Å². The molecule has 4 nitrogen and oxygen atoms in total. The van der Waals surface area contributed by atoms with Gasteiger partial charge < -0.3 is 5.32 Å². The van der Waals surface area contributed by atoms with E-state index in [2.05, 4.69) is 54.0 Å². The average molecular weight is 438 g/mol. The SMILES string of the molecule is O=C(Nc1ccc(I)c(Br)c1)c1ccc(Cl)nn1. The van der Waals surface area contributed by atoms with E-state index < -0.39 is 0 Å². The van der Waals surface area contributed by atoms with Crippen LogP contribution in [0.2, 0.25) is 5.15 Å². The van der Waals surface area contributed by atoms with Crippen LogP contribution in [0.1, 0.15) is 10.5 Å². The summed E-state index contributed by atoms with van der Waals surface area (Å²) in [7, 11) is 0. The van der Waals surface area contributed by atoms with Crippen molar-refractivity contribution in [3.8, 4) is 0 Å². The predicted octanol–water partition coefficient (Wildman–Crippen LogP) is 3.75. The normalized spacial score (nSPS) is 10.2. The Bertz CT molecular complexity index is 591. The van der Waals surface area contributed by atoms with Crippen LogP contribution in [0.5, 0.6) is 0 Å². The van der Waals surface area contributed by atoms with Crippen molar-refractivity contribution in [2.24, 2.45) is 0 Å². The van der Waals surface area contributed by atoms with Crippen LogP contribution < -0.4 is 5.32 Å². The maximum absolute atomic E-state index is 11.8. The zero-order valence-corrected chi connectivity index (χ0v) is 13.3. The van der Waals surface area contributed by atoms with E-state index in [1.54, 1.807) is 0 Å². The quantitative estimate of drug-likeness (QED) is 0.727. The Balaban J connectivity index is 2.16. The molecule has 0 radical (unpaired) electrons. The number of nitrogens with zero attached hydrogens (tertiary/aromatic N) is 2. The van der Waals surface area contributed by atoms with Gasteiger partial charge in [0.1, 0.15) is 0 Å². The largest absolute Gasteiger partial charge is 0.321 e. The highest BCUT2D eigenvalue weighted by Crippen LogP contribution is 2.23. The summed E-state index contributed by atoms with van der Waals surface area (Å²) in [6.45, 7) is 0. The molecule has 1 amide bonds. The van der Waals surface area contributed by atoms with Crippen LogP contribution in [-0.2, 0) is 0 Å². The van der Waals surface area contributed by atoms with E-state index in [9.17, 15) is 4.79 Å². The van der Waals surface area contributed by atoms with Gasteiger partial charge in [-0.05, 0) is 68.9 Å². The topological polar surface area (TPSA) is 54.9 Å². The first kappa shape index (κ1) is 13.7. The number of hydrogen-bond acceptors (Lipinski definition) is 3. The third-order valence-corrected chi connectivity index (χ3v) is 4.58. The predicted molar refractivity (Wildman–Crippen MR) is 81.9 cm³/mol. The molecule has 0 saturated carbocycles. The minimum Gasteiger partial charge on any atom is -0.321 e. The number of carbonyl (C=O) groups excluding carboxylic acids is 1. The van der Waals surface area contributed by atoms with Crippen LogP contribution in [-0.4, -0.2) is 16.1 Å². The first-order valence-corrected chi connectivity index (χ1v) is 7.07. The summed E-state index contributed by atoms with van der Waals surface area (Å²) < 4.78 is 1.99. The Morgan fingerprint density at radius 3 is 2.67 bits per heavy atom. The van der Waals surface area contributed by atoms with Gasteiger partial charge in [0.15, 0.2) is 10.8 Å². The van der Waals surface area contributed by atoms with Crippen LogP contribution in [0.4, 0.5) is 5.69 Å². The summed E-state index contributed by atoms with van der Waals surface area (Å²) >= 11 is 11.2. The molecular formula is C11H6BrClIN3O. The van der Waals surface area contributed by atoms with E-state index in [1.165, 1.54) is 12.1 Å². The average Bonchev–Trinajstić information content (AvgIpc) is 2.34. The first-order valence-electron chi connectivity index (χ1n) is 4.82. The van der Waals surface area contributed by atoms with E-state index in [0.717, 1.165) is 8.04 Å². The van der Waals surface area contributed by atoms with Gasteiger partial charge in [-0.2, -0.15) is 0 Å². The Kier molecular flexibility index (Phi) is 4.52. The molecule has 1 aromatic heterocycles. The van der Waals surface area contributed by atoms with Crippen molar-refractivity contribution in [1.82, 2.24) is 10.2 Å². The molecule has 92 valence electrons. The van der Waals surface area contributed by atoms with Crippen molar-refractivity contribution in [3.05, 3.63) is 49.2 Å². The molecule has 1 heterocycles. The van der Waals surface area contributed by atoms with Gasteiger partial charge in [0.25, 0.3) is 5.91 Å². The fourth-order valence-electron chi connectivity index (χ4n) is 1.21. The number of anilines is 1. The Hall–Kier alpha value is -0.730. The highest BCUT2D eigenvalue weighted by atomic mass is 127. The van der Waals surface area contributed by atoms with Gasteiger partial charge in [-0.3, -0.25) is 4.79 Å². The standard InChI is InChI=1S/C11H6BrClIN3O/c12-7-5-6(1-2-8(7)14)15-11(18)9-3-4-10(13)17-16-9/h1-5H,(H,15,18). The fourth-order valence-corrected chi connectivity index (χ4v) is 2.02. The van der Waals surface area contributed by atoms with Gasteiger partial charge in [0, 0.05) is 13.7 Å². The highest BCUT2D eigenvalue weighted by Gasteiger charge is 2.09. The monoisotopic (exact) mass is 437 g/mol. The smallest absolute Gasteiger partial charge is 0.276 e. The number of benzene rings is 1. The van der Waals surface area contributed by atoms with Crippen LogP contribution in [0.25, 0.3) is 0 Å². The van der Waals surface area contributed by atoms with Crippen LogP contribution in [0.3, 0.4) is 0 Å². The number of amides is 1. The molecule has 0 unspecified atom stereocenters. The van der Waals surface area contributed by atoms with E-state index in [0.29, 0.717) is 5.69 Å². The Morgan fingerprint density at radius 2 is 2.06 bits per heavy atom. The molecule has 18 heavy (non-hydrogen) atoms. The molecule has 2 aromatic rings. The van der Waals surface area contributed by atoms with Gasteiger partial charge >= 0.3 is 0 Å². The number of aromatic nitrogens is 2. The third kappa shape index (κ3) is 3.39. The van der Waals surface area contributed by atoms with Gasteiger partial charge in [0.2, 0.25) is 0 Å². The molecule has 0 atom stereocenters. The molecular weight excluding hydrogens is 432 g/mol. The van der Waals surface area contributed by atoms with Crippen molar-refractivity contribution >= 4 is 61.7 Å². The summed E-state index contributed by atoms with van der Waals surface area (Å²) in [5.74, 6) is -0.327. The lowest BCUT2D eigenvalue weighted by Gasteiger charge is -2.05. The molecule has 7 heteroatoms. The maximum Gasteiger partial charge on any atom is 0.276 e. The minimum atomic E-state index is -0.327. The Labute approximate surface area is 130 Å². The van der Waals surface area contributed by atoms with Crippen molar-refractivity contribution in [1.29, 1.82) is 0 Å². The molecule has 2 rings (SSSR count). The van der Waals surface area contributed by atoms with Gasteiger partial charge in [-0.1, -0.05) is 11.6 Å². The second-order valence-corrected chi connectivity index (χ2v) is 5.73. The fraction of sp³-hybridized carbons (Fsp3) is 0. The van der Waals surface area contributed by atoms with Gasteiger partial charge in [0.05, 0.1) is 0 Å². The number of carbonyl (C=O) groups is 1. The molecule has 0 aliphatic heterocycles. The van der Waals surface area contributed by atoms with Crippen LogP contribution in [0.15, 0.2) is 34.8 Å². The number of rotatable bonds is 2. The Morgan fingerprint density at radius 1 is 1.28 bits per heavy atom. The van der Waals surface area contributed by atoms with Gasteiger partial charge in [-0.15, -0.1) is 10.2 Å². The van der Waals surface area contributed by atoms with Crippen molar-refractivity contribution in [2.45, 2.75) is 0 Å². The molecule has 0 fully saturated rings. The lowest BCUT2D eigenvalue weighted by Crippen LogP contribution is -2.14. The summed E-state index contributed by atoms with van der Waals surface area (Å²) in [5, 5.41) is 10.3. The zero-order valence-electron chi connectivity index (χ0n) is 8.82. The zero-order chi connectivity index (χ0) is 13.1. The third-order valence-electron chi connectivity index (χ3n) is 2.04. The van der Waals surface area contributed by atoms with E-state index in [-0.39, 0.29) is 16.8 Å². The van der Waals surface area contributed by atoms with Crippen molar-refractivity contribution < 1.29 is 4.79 Å². The van der Waals surface area contributed by atoms with E-state index in [4.69, 9.17) is 11.6 Å². The molecule has 1 aromatic carbocycles. The number of nitrogens with one attached hydrogen (secondary N) is 1. The van der Waals surface area contributed by atoms with Crippen LogP contribution in [0, 0.1) is 3.57 Å². The molecule has 0 aliphatic carbocycles. The maximum atomic E-state index is 11.8. The summed E-state index contributed by atoms with van der Waals surface area (Å²) in [4.78, 5) is 11.8. The molecule has 0 aliphatic rings. The summed E-state index contributed by atoms with van der Waals surface area (Å²) in [5.41, 5.74) is 0.901. The molecule has 0 bridgehead atoms. The van der Waals surface area contributed by atoms with E-state index >= 15 is 0 Å². The highest BCUT2D eigenvalue weighted by molar-refractivity contribution is 14.1. The number of halogens is 3.